The van der Waals surface area contributed by atoms with Gasteiger partial charge in [-0.25, -0.2) is 22.2 Å². The fourth-order valence-electron chi connectivity index (χ4n) is 2.88. The van der Waals surface area contributed by atoms with Crippen molar-refractivity contribution in [3.63, 3.8) is 0 Å². The first-order valence-electron chi connectivity index (χ1n) is 9.34. The minimum absolute atomic E-state index is 0.104. The van der Waals surface area contributed by atoms with Crippen molar-refractivity contribution in [3.8, 4) is 17.4 Å². The van der Waals surface area contributed by atoms with E-state index in [1.54, 1.807) is 23.0 Å². The van der Waals surface area contributed by atoms with Crippen LogP contribution in [0.5, 0.6) is 11.6 Å². The van der Waals surface area contributed by atoms with Crippen LogP contribution in [0, 0.1) is 25.5 Å². The molecule has 164 valence electrons. The van der Waals surface area contributed by atoms with Crippen LogP contribution in [0.2, 0.25) is 0 Å². The molecule has 0 saturated carbocycles. The minimum Gasteiger partial charge on any atom is -0.438 e. The van der Waals surface area contributed by atoms with E-state index in [4.69, 9.17) is 4.74 Å². The van der Waals surface area contributed by atoms with Crippen LogP contribution in [-0.4, -0.2) is 28.2 Å². The van der Waals surface area contributed by atoms with Gasteiger partial charge in [-0.05, 0) is 56.3 Å². The van der Waals surface area contributed by atoms with Gasteiger partial charge in [-0.2, -0.15) is 0 Å². The van der Waals surface area contributed by atoms with E-state index in [9.17, 15) is 17.2 Å². The molecule has 11 heteroatoms. The summed E-state index contributed by atoms with van der Waals surface area (Å²) in [5.41, 5.74) is 1.94. The fourth-order valence-corrected chi connectivity index (χ4v) is 4.08. The van der Waals surface area contributed by atoms with Gasteiger partial charge in [0.15, 0.2) is 10.7 Å². The molecule has 0 aliphatic heterocycles. The lowest BCUT2D eigenvalue weighted by Crippen LogP contribution is -2.16. The van der Waals surface area contributed by atoms with E-state index < -0.39 is 26.6 Å². The third kappa shape index (κ3) is 4.28. The third-order valence-electron chi connectivity index (χ3n) is 4.64. The van der Waals surface area contributed by atoms with Crippen molar-refractivity contribution in [3.05, 3.63) is 83.9 Å². The highest BCUT2D eigenvalue weighted by atomic mass is 32.2. The molecule has 0 spiro atoms. The predicted molar refractivity (Wildman–Crippen MR) is 112 cm³/mol. The van der Waals surface area contributed by atoms with Crippen molar-refractivity contribution >= 4 is 15.7 Å². The number of rotatable bonds is 6. The maximum absolute atomic E-state index is 13.8. The Kier molecular flexibility index (Phi) is 5.57. The first-order valence-corrected chi connectivity index (χ1v) is 10.8. The zero-order chi connectivity index (χ0) is 22.9. The molecule has 0 bridgehead atoms. The van der Waals surface area contributed by atoms with Crippen LogP contribution in [0.15, 0.2) is 65.8 Å². The lowest BCUT2D eigenvalue weighted by molar-refractivity contribution is 0.454. The molecule has 4 aromatic rings. The predicted octanol–water partition coefficient (Wildman–Crippen LogP) is 4.15. The number of imidazole rings is 1. The van der Waals surface area contributed by atoms with E-state index in [-0.39, 0.29) is 11.6 Å². The maximum Gasteiger partial charge on any atom is 0.267 e. The molecule has 2 heterocycles. The Balaban J connectivity index is 1.47. The van der Waals surface area contributed by atoms with Crippen LogP contribution in [0.1, 0.15) is 11.4 Å². The van der Waals surface area contributed by atoms with Gasteiger partial charge in [0.05, 0.1) is 5.69 Å². The van der Waals surface area contributed by atoms with Crippen molar-refractivity contribution in [2.24, 2.45) is 0 Å². The van der Waals surface area contributed by atoms with Crippen molar-refractivity contribution in [2.45, 2.75) is 18.7 Å². The molecule has 0 aliphatic rings. The number of nitrogens with zero attached hydrogens (tertiary/aromatic N) is 4. The number of anilines is 1. The maximum atomic E-state index is 13.8. The topological polar surface area (TPSA) is 99.0 Å². The molecule has 0 radical (unpaired) electrons. The highest BCUT2D eigenvalue weighted by Crippen LogP contribution is 2.25. The van der Waals surface area contributed by atoms with Crippen molar-refractivity contribution in [1.82, 2.24) is 19.7 Å². The molecule has 32 heavy (non-hydrogen) atoms. The molecule has 0 aliphatic carbocycles. The average molecular weight is 457 g/mol. The number of aryl methyl sites for hydroxylation is 1. The van der Waals surface area contributed by atoms with E-state index in [0.717, 1.165) is 29.6 Å². The van der Waals surface area contributed by atoms with Crippen LogP contribution >= 0.6 is 0 Å². The summed E-state index contributed by atoms with van der Waals surface area (Å²) in [6.45, 7) is 3.82. The normalized spacial score (nSPS) is 11.4. The molecular formula is C21H17F2N5O3S. The standard InChI is InChI=1S/C21H17F2N5O3S/c1-13-14(2)28(12-24-13)19-10-11-20(26-25-19)31-16-8-6-15(7-9-16)27-32(29,30)21-17(22)4-3-5-18(21)23/h3-12,27H,1-2H3. The largest absolute Gasteiger partial charge is 0.438 e. The van der Waals surface area contributed by atoms with Crippen LogP contribution in [0.25, 0.3) is 5.82 Å². The van der Waals surface area contributed by atoms with Gasteiger partial charge in [-0.1, -0.05) is 6.07 Å². The van der Waals surface area contributed by atoms with E-state index in [1.807, 2.05) is 13.8 Å². The summed E-state index contributed by atoms with van der Waals surface area (Å²) < 4.78 is 61.9. The number of benzene rings is 2. The first-order chi connectivity index (χ1) is 15.2. The van der Waals surface area contributed by atoms with E-state index >= 15 is 0 Å². The van der Waals surface area contributed by atoms with Gasteiger partial charge in [-0.3, -0.25) is 9.29 Å². The summed E-state index contributed by atoms with van der Waals surface area (Å²) in [6.07, 6.45) is 1.65. The molecule has 0 amide bonds. The van der Waals surface area contributed by atoms with Gasteiger partial charge in [0.2, 0.25) is 5.88 Å². The monoisotopic (exact) mass is 457 g/mol. The highest BCUT2D eigenvalue weighted by molar-refractivity contribution is 7.92. The third-order valence-corrected chi connectivity index (χ3v) is 6.07. The molecule has 0 atom stereocenters. The van der Waals surface area contributed by atoms with E-state index in [0.29, 0.717) is 11.6 Å². The first kappa shape index (κ1) is 21.4. The van der Waals surface area contributed by atoms with Crippen LogP contribution in [0.4, 0.5) is 14.5 Å². The van der Waals surface area contributed by atoms with Crippen LogP contribution in [0.3, 0.4) is 0 Å². The number of ether oxygens (including phenoxy) is 1. The summed E-state index contributed by atoms with van der Waals surface area (Å²) in [5.74, 6) is -1.19. The zero-order valence-corrected chi connectivity index (χ0v) is 17.8. The molecule has 4 rings (SSSR count). The summed E-state index contributed by atoms with van der Waals surface area (Å²) in [7, 11) is -4.45. The van der Waals surface area contributed by atoms with Crippen molar-refractivity contribution in [2.75, 3.05) is 4.72 Å². The molecular weight excluding hydrogens is 440 g/mol. The molecule has 0 fully saturated rings. The number of nitrogens with one attached hydrogen (secondary N) is 1. The number of hydrogen-bond acceptors (Lipinski definition) is 6. The van der Waals surface area contributed by atoms with E-state index in [1.165, 1.54) is 24.3 Å². The summed E-state index contributed by atoms with van der Waals surface area (Å²) >= 11 is 0. The summed E-state index contributed by atoms with van der Waals surface area (Å²) in [6, 6.07) is 11.9. The highest BCUT2D eigenvalue weighted by Gasteiger charge is 2.23. The Hall–Kier alpha value is -3.86. The quantitative estimate of drug-likeness (QED) is 0.467. The Bertz CT molecular complexity index is 1350. The minimum atomic E-state index is -4.45. The Morgan fingerprint density at radius 1 is 0.938 bits per heavy atom. The second kappa shape index (κ2) is 8.35. The molecule has 0 saturated heterocycles. The number of sulfonamides is 1. The van der Waals surface area contributed by atoms with Gasteiger partial charge >= 0.3 is 0 Å². The Morgan fingerprint density at radius 2 is 1.62 bits per heavy atom. The summed E-state index contributed by atoms with van der Waals surface area (Å²) in [4.78, 5) is 3.18. The average Bonchev–Trinajstić information content (AvgIpc) is 3.08. The molecule has 2 aromatic heterocycles. The van der Waals surface area contributed by atoms with Gasteiger partial charge < -0.3 is 4.74 Å². The zero-order valence-electron chi connectivity index (χ0n) is 17.0. The number of aromatic nitrogens is 4. The fraction of sp³-hybridized carbons (Fsp3) is 0.0952. The second-order valence-corrected chi connectivity index (χ2v) is 8.42. The molecule has 1 N–H and O–H groups in total. The Labute approximate surface area is 182 Å². The lowest BCUT2D eigenvalue weighted by Gasteiger charge is -2.10. The second-order valence-electron chi connectivity index (χ2n) is 6.80. The Morgan fingerprint density at radius 3 is 2.19 bits per heavy atom. The van der Waals surface area contributed by atoms with Crippen LogP contribution < -0.4 is 9.46 Å². The molecule has 8 nitrogen and oxygen atoms in total. The molecule has 0 unspecified atom stereocenters. The smallest absolute Gasteiger partial charge is 0.267 e. The van der Waals surface area contributed by atoms with Gasteiger partial charge in [0.1, 0.15) is 23.7 Å². The van der Waals surface area contributed by atoms with Gasteiger partial charge in [-0.15, -0.1) is 10.2 Å². The van der Waals surface area contributed by atoms with Gasteiger partial charge in [0, 0.05) is 17.4 Å². The van der Waals surface area contributed by atoms with Gasteiger partial charge in [0.25, 0.3) is 10.0 Å². The van der Waals surface area contributed by atoms with Crippen molar-refractivity contribution in [1.29, 1.82) is 0 Å². The van der Waals surface area contributed by atoms with Crippen LogP contribution in [-0.2, 0) is 10.0 Å². The SMILES string of the molecule is Cc1ncn(-c2ccc(Oc3ccc(NS(=O)(=O)c4c(F)cccc4F)cc3)nn2)c1C. The number of hydrogen-bond donors (Lipinski definition) is 1. The summed E-state index contributed by atoms with van der Waals surface area (Å²) in [5, 5.41) is 8.15. The lowest BCUT2D eigenvalue weighted by atomic mass is 10.3. The molecule has 2 aromatic carbocycles. The van der Waals surface area contributed by atoms with Crippen molar-refractivity contribution < 1.29 is 21.9 Å². The number of halogens is 2. The van der Waals surface area contributed by atoms with E-state index in [2.05, 4.69) is 19.9 Å².